The molecule has 2 heterocycles. The summed E-state index contributed by atoms with van der Waals surface area (Å²) < 4.78 is 20.1. The molecule has 0 amide bonds. The Kier molecular flexibility index (Phi) is 3.47. The Hall–Kier alpha value is -1.86. The van der Waals surface area contributed by atoms with Crippen LogP contribution in [0.3, 0.4) is 0 Å². The van der Waals surface area contributed by atoms with Gasteiger partial charge >= 0.3 is 0 Å². The van der Waals surface area contributed by atoms with Crippen LogP contribution >= 0.6 is 11.5 Å². The fraction of sp³-hybridized carbons (Fsp3) is 0.333. The fourth-order valence-corrected chi connectivity index (χ4v) is 2.31. The summed E-state index contributed by atoms with van der Waals surface area (Å²) in [4.78, 5) is 0. The number of hydrogen-bond acceptors (Lipinski definition) is 7. The van der Waals surface area contributed by atoms with Crippen molar-refractivity contribution in [2.75, 3.05) is 19.2 Å². The molecule has 0 spiro atoms. The second kappa shape index (κ2) is 5.41. The highest BCUT2D eigenvalue weighted by Crippen LogP contribution is 2.32. The van der Waals surface area contributed by atoms with E-state index in [2.05, 4.69) is 14.9 Å². The smallest absolute Gasteiger partial charge is 0.231 e. The predicted molar refractivity (Wildman–Crippen MR) is 70.5 cm³/mol. The fourth-order valence-electron chi connectivity index (χ4n) is 1.79. The van der Waals surface area contributed by atoms with Crippen LogP contribution in [0.2, 0.25) is 0 Å². The van der Waals surface area contributed by atoms with Crippen LogP contribution < -0.4 is 14.8 Å². The SMILES string of the molecule is CNc1snnc1COCc1ccc2c(c1)OCO2. The van der Waals surface area contributed by atoms with Crippen molar-refractivity contribution >= 4 is 16.5 Å². The molecule has 7 heteroatoms. The quantitative estimate of drug-likeness (QED) is 0.903. The lowest BCUT2D eigenvalue weighted by Gasteiger charge is -2.05. The van der Waals surface area contributed by atoms with Gasteiger partial charge in [-0.1, -0.05) is 10.6 Å². The number of aromatic nitrogens is 2. The first kappa shape index (κ1) is 12.2. The minimum atomic E-state index is 0.287. The summed E-state index contributed by atoms with van der Waals surface area (Å²) in [7, 11) is 1.84. The maximum Gasteiger partial charge on any atom is 0.231 e. The van der Waals surface area contributed by atoms with Crippen molar-refractivity contribution in [2.24, 2.45) is 0 Å². The van der Waals surface area contributed by atoms with Crippen molar-refractivity contribution in [3.63, 3.8) is 0 Å². The third-order valence-corrected chi connectivity index (χ3v) is 3.51. The molecule has 3 rings (SSSR count). The van der Waals surface area contributed by atoms with E-state index >= 15 is 0 Å². The van der Waals surface area contributed by atoms with Gasteiger partial charge in [0.05, 0.1) is 13.2 Å². The van der Waals surface area contributed by atoms with Gasteiger partial charge in [-0.25, -0.2) is 0 Å². The minimum absolute atomic E-state index is 0.287. The molecule has 2 aromatic rings. The van der Waals surface area contributed by atoms with Crippen molar-refractivity contribution in [3.05, 3.63) is 29.5 Å². The molecule has 6 nitrogen and oxygen atoms in total. The Bertz CT molecular complexity index is 573. The molecule has 0 saturated heterocycles. The topological polar surface area (TPSA) is 65.5 Å². The van der Waals surface area contributed by atoms with Gasteiger partial charge in [-0.05, 0) is 17.7 Å². The molecule has 0 saturated carbocycles. The van der Waals surface area contributed by atoms with E-state index in [1.165, 1.54) is 11.5 Å². The first-order valence-corrected chi connectivity index (χ1v) is 6.59. The molecule has 1 aliphatic heterocycles. The van der Waals surface area contributed by atoms with Crippen LogP contribution in [0.25, 0.3) is 0 Å². The van der Waals surface area contributed by atoms with Gasteiger partial charge in [0.1, 0.15) is 10.7 Å². The van der Waals surface area contributed by atoms with Crippen LogP contribution in [-0.4, -0.2) is 23.4 Å². The minimum Gasteiger partial charge on any atom is -0.454 e. The Balaban J connectivity index is 1.58. The molecular weight excluding hydrogens is 266 g/mol. The average molecular weight is 279 g/mol. The molecule has 0 unspecified atom stereocenters. The second-order valence-electron chi connectivity index (χ2n) is 3.98. The lowest BCUT2D eigenvalue weighted by atomic mass is 10.2. The lowest BCUT2D eigenvalue weighted by molar-refractivity contribution is 0.105. The van der Waals surface area contributed by atoms with E-state index in [4.69, 9.17) is 14.2 Å². The summed E-state index contributed by atoms with van der Waals surface area (Å²) in [5.41, 5.74) is 1.87. The number of fused-ring (bicyclic) bond motifs is 1. The zero-order valence-corrected chi connectivity index (χ0v) is 11.2. The number of rotatable bonds is 5. The molecular formula is C12H13N3O3S. The first-order chi connectivity index (χ1) is 9.36. The third-order valence-electron chi connectivity index (χ3n) is 2.73. The Morgan fingerprint density at radius 2 is 2.21 bits per heavy atom. The van der Waals surface area contributed by atoms with E-state index in [1.807, 2.05) is 25.2 Å². The average Bonchev–Trinajstić information content (AvgIpc) is 3.06. The normalized spacial score (nSPS) is 12.7. The van der Waals surface area contributed by atoms with Gasteiger partial charge in [0.15, 0.2) is 11.5 Å². The zero-order valence-electron chi connectivity index (χ0n) is 10.4. The highest BCUT2D eigenvalue weighted by atomic mass is 32.1. The molecule has 1 aliphatic rings. The molecule has 0 aliphatic carbocycles. The van der Waals surface area contributed by atoms with Crippen LogP contribution in [0.1, 0.15) is 11.3 Å². The Morgan fingerprint density at radius 1 is 1.32 bits per heavy atom. The van der Waals surface area contributed by atoms with Crippen molar-refractivity contribution in [1.82, 2.24) is 9.59 Å². The monoisotopic (exact) mass is 279 g/mol. The van der Waals surface area contributed by atoms with Crippen LogP contribution in [0, 0.1) is 0 Å². The van der Waals surface area contributed by atoms with E-state index < -0.39 is 0 Å². The summed E-state index contributed by atoms with van der Waals surface area (Å²) in [6.45, 7) is 1.22. The Morgan fingerprint density at radius 3 is 3.11 bits per heavy atom. The number of nitrogens with one attached hydrogen (secondary N) is 1. The second-order valence-corrected chi connectivity index (χ2v) is 4.73. The van der Waals surface area contributed by atoms with Crippen molar-refractivity contribution in [1.29, 1.82) is 0 Å². The van der Waals surface area contributed by atoms with Gasteiger partial charge in [-0.2, -0.15) is 0 Å². The number of anilines is 1. The molecule has 0 fully saturated rings. The maximum absolute atomic E-state index is 5.63. The lowest BCUT2D eigenvalue weighted by Crippen LogP contribution is -1.98. The van der Waals surface area contributed by atoms with Gasteiger partial charge in [-0.15, -0.1) is 5.10 Å². The van der Waals surface area contributed by atoms with E-state index in [9.17, 15) is 0 Å². The zero-order chi connectivity index (χ0) is 13.1. The van der Waals surface area contributed by atoms with Gasteiger partial charge in [0, 0.05) is 18.6 Å². The molecule has 0 atom stereocenters. The van der Waals surface area contributed by atoms with Gasteiger partial charge in [0.25, 0.3) is 0 Å². The first-order valence-electron chi connectivity index (χ1n) is 5.82. The van der Waals surface area contributed by atoms with E-state index in [0.29, 0.717) is 13.2 Å². The van der Waals surface area contributed by atoms with Crippen molar-refractivity contribution < 1.29 is 14.2 Å². The summed E-state index contributed by atoms with van der Waals surface area (Å²) in [5.74, 6) is 1.55. The standard InChI is InChI=1S/C12H13N3O3S/c1-13-12-9(14-15-19-12)6-16-5-8-2-3-10-11(4-8)18-7-17-10/h2-4,13H,5-7H2,1H3. The highest BCUT2D eigenvalue weighted by molar-refractivity contribution is 7.10. The number of nitrogens with zero attached hydrogens (tertiary/aromatic N) is 2. The van der Waals surface area contributed by atoms with Crippen molar-refractivity contribution in [2.45, 2.75) is 13.2 Å². The molecule has 100 valence electrons. The predicted octanol–water partition coefficient (Wildman–Crippen LogP) is 2.03. The van der Waals surface area contributed by atoms with Crippen LogP contribution in [-0.2, 0) is 18.0 Å². The number of benzene rings is 1. The van der Waals surface area contributed by atoms with Crippen LogP contribution in [0.15, 0.2) is 18.2 Å². The van der Waals surface area contributed by atoms with E-state index in [1.54, 1.807) is 0 Å². The molecule has 1 aromatic carbocycles. The molecule has 1 N–H and O–H groups in total. The summed E-state index contributed by atoms with van der Waals surface area (Å²) in [5, 5.41) is 7.98. The van der Waals surface area contributed by atoms with E-state index in [-0.39, 0.29) is 6.79 Å². The van der Waals surface area contributed by atoms with Gasteiger partial charge in [0.2, 0.25) is 6.79 Å². The van der Waals surface area contributed by atoms with E-state index in [0.717, 1.165) is 27.8 Å². The number of ether oxygens (including phenoxy) is 3. The van der Waals surface area contributed by atoms with Gasteiger partial charge in [-0.3, -0.25) is 0 Å². The molecule has 1 aromatic heterocycles. The molecule has 0 bridgehead atoms. The third kappa shape index (κ3) is 2.61. The largest absolute Gasteiger partial charge is 0.454 e. The molecule has 19 heavy (non-hydrogen) atoms. The number of hydrogen-bond donors (Lipinski definition) is 1. The summed E-state index contributed by atoms with van der Waals surface area (Å²) in [6.07, 6.45) is 0. The molecule has 0 radical (unpaired) electrons. The summed E-state index contributed by atoms with van der Waals surface area (Å²) >= 11 is 1.32. The van der Waals surface area contributed by atoms with Crippen LogP contribution in [0.5, 0.6) is 11.5 Å². The van der Waals surface area contributed by atoms with Crippen LogP contribution in [0.4, 0.5) is 5.00 Å². The maximum atomic E-state index is 5.63. The van der Waals surface area contributed by atoms with Gasteiger partial charge < -0.3 is 19.5 Å². The highest BCUT2D eigenvalue weighted by Gasteiger charge is 2.13. The van der Waals surface area contributed by atoms with Crippen molar-refractivity contribution in [3.8, 4) is 11.5 Å². The Labute approximate surface area is 114 Å². The summed E-state index contributed by atoms with van der Waals surface area (Å²) in [6, 6.07) is 5.79.